The van der Waals surface area contributed by atoms with E-state index < -0.39 is 6.10 Å². The van der Waals surface area contributed by atoms with E-state index >= 15 is 0 Å². The SMILES string of the molecule is CCCCCCOCC(O)CNC(C)c1ccccc1Cl. The smallest absolute Gasteiger partial charge is 0.0897 e. The van der Waals surface area contributed by atoms with E-state index in [1.807, 2.05) is 31.2 Å². The molecule has 2 atom stereocenters. The molecule has 0 aromatic heterocycles. The summed E-state index contributed by atoms with van der Waals surface area (Å²) in [4.78, 5) is 0. The minimum absolute atomic E-state index is 0.109. The van der Waals surface area contributed by atoms with E-state index in [9.17, 15) is 5.11 Å². The van der Waals surface area contributed by atoms with E-state index in [1.165, 1.54) is 19.3 Å². The van der Waals surface area contributed by atoms with Gasteiger partial charge in [-0.2, -0.15) is 0 Å². The molecule has 21 heavy (non-hydrogen) atoms. The molecule has 4 heteroatoms. The van der Waals surface area contributed by atoms with Gasteiger partial charge in [-0.05, 0) is 25.0 Å². The minimum Gasteiger partial charge on any atom is -0.389 e. The fraction of sp³-hybridized carbons (Fsp3) is 0.647. The van der Waals surface area contributed by atoms with Crippen LogP contribution in [0.3, 0.4) is 0 Å². The van der Waals surface area contributed by atoms with Crippen molar-refractivity contribution in [1.82, 2.24) is 5.32 Å². The summed E-state index contributed by atoms with van der Waals surface area (Å²) in [5, 5.41) is 13.9. The van der Waals surface area contributed by atoms with Crippen molar-refractivity contribution in [2.24, 2.45) is 0 Å². The summed E-state index contributed by atoms with van der Waals surface area (Å²) in [6.45, 7) is 5.85. The zero-order valence-corrected chi connectivity index (χ0v) is 13.9. The molecule has 0 spiro atoms. The number of ether oxygens (including phenoxy) is 1. The Labute approximate surface area is 133 Å². The zero-order valence-electron chi connectivity index (χ0n) is 13.1. The highest BCUT2D eigenvalue weighted by Gasteiger charge is 2.11. The second-order valence-corrected chi connectivity index (χ2v) is 5.85. The van der Waals surface area contributed by atoms with Crippen LogP contribution < -0.4 is 5.32 Å². The quantitative estimate of drug-likeness (QED) is 0.608. The van der Waals surface area contributed by atoms with E-state index in [0.29, 0.717) is 13.2 Å². The van der Waals surface area contributed by atoms with E-state index in [4.69, 9.17) is 16.3 Å². The lowest BCUT2D eigenvalue weighted by Crippen LogP contribution is -2.32. The highest BCUT2D eigenvalue weighted by atomic mass is 35.5. The van der Waals surface area contributed by atoms with Gasteiger partial charge in [-0.25, -0.2) is 0 Å². The van der Waals surface area contributed by atoms with Crippen molar-refractivity contribution >= 4 is 11.6 Å². The third kappa shape index (κ3) is 7.82. The fourth-order valence-electron chi connectivity index (χ4n) is 2.16. The number of aliphatic hydroxyl groups is 1. The maximum Gasteiger partial charge on any atom is 0.0897 e. The van der Waals surface area contributed by atoms with Crippen LogP contribution in [0.1, 0.15) is 51.1 Å². The van der Waals surface area contributed by atoms with Crippen LogP contribution in [0.15, 0.2) is 24.3 Å². The number of aliphatic hydroxyl groups excluding tert-OH is 1. The summed E-state index contributed by atoms with van der Waals surface area (Å²) >= 11 is 6.15. The van der Waals surface area contributed by atoms with Crippen LogP contribution >= 0.6 is 11.6 Å². The van der Waals surface area contributed by atoms with Crippen LogP contribution in [0.5, 0.6) is 0 Å². The molecule has 3 nitrogen and oxygen atoms in total. The Balaban J connectivity index is 2.15. The van der Waals surface area contributed by atoms with Crippen molar-refractivity contribution < 1.29 is 9.84 Å². The molecule has 2 unspecified atom stereocenters. The maximum atomic E-state index is 9.90. The molecule has 120 valence electrons. The first kappa shape index (κ1) is 18.4. The Hall–Kier alpha value is -0.610. The second kappa shape index (κ2) is 11.0. The lowest BCUT2D eigenvalue weighted by molar-refractivity contribution is 0.0343. The molecule has 2 N–H and O–H groups in total. The van der Waals surface area contributed by atoms with Gasteiger partial charge in [-0.3, -0.25) is 0 Å². The third-order valence-electron chi connectivity index (χ3n) is 3.48. The van der Waals surface area contributed by atoms with Gasteiger partial charge in [0, 0.05) is 24.2 Å². The predicted octanol–water partition coefficient (Wildman–Crippen LogP) is 3.95. The van der Waals surface area contributed by atoms with Gasteiger partial charge < -0.3 is 15.2 Å². The number of hydrogen-bond acceptors (Lipinski definition) is 3. The summed E-state index contributed by atoms with van der Waals surface area (Å²) < 4.78 is 5.49. The van der Waals surface area contributed by atoms with Gasteiger partial charge in [0.25, 0.3) is 0 Å². The molecule has 0 aliphatic rings. The Bertz CT molecular complexity index is 387. The highest BCUT2D eigenvalue weighted by molar-refractivity contribution is 6.31. The molecule has 1 aromatic rings. The Morgan fingerprint density at radius 3 is 2.71 bits per heavy atom. The molecule has 0 amide bonds. The first-order valence-corrected chi connectivity index (χ1v) is 8.26. The Morgan fingerprint density at radius 2 is 2.00 bits per heavy atom. The maximum absolute atomic E-state index is 9.90. The number of benzene rings is 1. The topological polar surface area (TPSA) is 41.5 Å². The molecular weight excluding hydrogens is 286 g/mol. The predicted molar refractivity (Wildman–Crippen MR) is 88.8 cm³/mol. The summed E-state index contributed by atoms with van der Waals surface area (Å²) in [6, 6.07) is 7.87. The van der Waals surface area contributed by atoms with Crippen molar-refractivity contribution in [3.05, 3.63) is 34.9 Å². The van der Waals surface area contributed by atoms with Gasteiger partial charge >= 0.3 is 0 Å². The number of rotatable bonds is 11. The molecule has 1 rings (SSSR count). The first-order valence-electron chi connectivity index (χ1n) is 7.88. The second-order valence-electron chi connectivity index (χ2n) is 5.44. The number of halogens is 1. The normalized spacial score (nSPS) is 14.1. The van der Waals surface area contributed by atoms with E-state index in [-0.39, 0.29) is 6.04 Å². The van der Waals surface area contributed by atoms with Crippen LogP contribution in [0.4, 0.5) is 0 Å². The van der Waals surface area contributed by atoms with Crippen LogP contribution in [0.25, 0.3) is 0 Å². The van der Waals surface area contributed by atoms with Gasteiger partial charge in [0.2, 0.25) is 0 Å². The molecular formula is C17H28ClNO2. The van der Waals surface area contributed by atoms with Gasteiger partial charge in [0.15, 0.2) is 0 Å². The van der Waals surface area contributed by atoms with Crippen LogP contribution in [-0.4, -0.2) is 31.0 Å². The van der Waals surface area contributed by atoms with Crippen molar-refractivity contribution in [2.75, 3.05) is 19.8 Å². The fourth-order valence-corrected chi connectivity index (χ4v) is 2.46. The lowest BCUT2D eigenvalue weighted by atomic mass is 10.1. The van der Waals surface area contributed by atoms with Crippen molar-refractivity contribution in [3.8, 4) is 0 Å². The van der Waals surface area contributed by atoms with Crippen LogP contribution in [0.2, 0.25) is 5.02 Å². The molecule has 0 aliphatic heterocycles. The average molecular weight is 314 g/mol. The summed E-state index contributed by atoms with van der Waals surface area (Å²) in [6.07, 6.45) is 4.27. The van der Waals surface area contributed by atoms with E-state index in [1.54, 1.807) is 0 Å². The van der Waals surface area contributed by atoms with Crippen LogP contribution in [-0.2, 0) is 4.74 Å². The number of unbranched alkanes of at least 4 members (excludes halogenated alkanes) is 3. The molecule has 0 heterocycles. The van der Waals surface area contributed by atoms with Gasteiger partial charge in [-0.15, -0.1) is 0 Å². The number of hydrogen-bond donors (Lipinski definition) is 2. The molecule has 0 bridgehead atoms. The molecule has 0 aliphatic carbocycles. The lowest BCUT2D eigenvalue weighted by Gasteiger charge is -2.18. The standard InChI is InChI=1S/C17H28ClNO2/c1-3-4-5-8-11-21-13-15(20)12-19-14(2)16-9-6-7-10-17(16)18/h6-7,9-10,14-15,19-20H,3-5,8,11-13H2,1-2H3. The largest absolute Gasteiger partial charge is 0.389 e. The van der Waals surface area contributed by atoms with E-state index in [0.717, 1.165) is 23.6 Å². The van der Waals surface area contributed by atoms with Gasteiger partial charge in [0.1, 0.15) is 0 Å². The summed E-state index contributed by atoms with van der Waals surface area (Å²) in [7, 11) is 0. The molecule has 0 saturated carbocycles. The Kier molecular flexibility index (Phi) is 9.68. The van der Waals surface area contributed by atoms with Crippen LogP contribution in [0, 0.1) is 0 Å². The monoisotopic (exact) mass is 313 g/mol. The molecule has 0 radical (unpaired) electrons. The molecule has 0 saturated heterocycles. The van der Waals surface area contributed by atoms with Gasteiger partial charge in [-0.1, -0.05) is 56.0 Å². The van der Waals surface area contributed by atoms with Crippen molar-refractivity contribution in [1.29, 1.82) is 0 Å². The molecule has 0 fully saturated rings. The Morgan fingerprint density at radius 1 is 1.24 bits per heavy atom. The zero-order chi connectivity index (χ0) is 15.5. The molecule has 1 aromatic carbocycles. The van der Waals surface area contributed by atoms with Crippen molar-refractivity contribution in [2.45, 2.75) is 51.7 Å². The summed E-state index contributed by atoms with van der Waals surface area (Å²) in [5.41, 5.74) is 1.05. The average Bonchev–Trinajstić information content (AvgIpc) is 2.49. The highest BCUT2D eigenvalue weighted by Crippen LogP contribution is 2.21. The number of nitrogens with one attached hydrogen (secondary N) is 1. The summed E-state index contributed by atoms with van der Waals surface area (Å²) in [5.74, 6) is 0. The van der Waals surface area contributed by atoms with Crippen molar-refractivity contribution in [3.63, 3.8) is 0 Å². The van der Waals surface area contributed by atoms with Gasteiger partial charge in [0.05, 0.1) is 12.7 Å². The van der Waals surface area contributed by atoms with E-state index in [2.05, 4.69) is 12.2 Å². The minimum atomic E-state index is -0.485. The first-order chi connectivity index (χ1) is 10.1. The third-order valence-corrected chi connectivity index (χ3v) is 3.83.